The zero-order valence-electron chi connectivity index (χ0n) is 32.2. The van der Waals surface area contributed by atoms with Crippen LogP contribution >= 0.6 is 11.3 Å². The molecule has 1 saturated heterocycles. The van der Waals surface area contributed by atoms with Crippen molar-refractivity contribution in [3.8, 4) is 17.3 Å². The first kappa shape index (κ1) is 43.6. The van der Waals surface area contributed by atoms with Crippen LogP contribution in [0.1, 0.15) is 90.6 Å². The van der Waals surface area contributed by atoms with Gasteiger partial charge in [-0.2, -0.15) is 18.2 Å². The highest BCUT2D eigenvalue weighted by molar-refractivity contribution is 7.77. The standard InChI is InChI=1S/C37H48F3N7O8S2/c1-20(2)47-27-15-11-13-23(26-19-56-33(42-26)37(38,39)40)29(27)44-34(47)54-22-17-28(30(41)48)46(18-22)32(50)25(43-35(51)55-36(3,4)5)14-10-8-6-7-9-12-21-16-24(21)31(49)45-57(52)53/h9,11-13,15,19-22,24-25,28H,6-8,10,14,16-18H2,1-5H3,(H2,41,48)(H,43,51)(H,45,49)(H,52,53)/p-1. The Kier molecular flexibility index (Phi) is 13.7. The number of alkyl halides is 3. The van der Waals surface area contributed by atoms with Crippen LogP contribution in [0.5, 0.6) is 6.01 Å². The van der Waals surface area contributed by atoms with Crippen LogP contribution in [0.25, 0.3) is 22.3 Å². The highest BCUT2D eigenvalue weighted by Gasteiger charge is 2.44. The number of unbranched alkanes of at least 4 members (excludes halogenated alkanes) is 3. The Hall–Kier alpha value is -4.56. The van der Waals surface area contributed by atoms with E-state index in [-0.39, 0.29) is 49.0 Å². The van der Waals surface area contributed by atoms with E-state index in [0.717, 1.165) is 6.42 Å². The van der Waals surface area contributed by atoms with Crippen molar-refractivity contribution in [1.29, 1.82) is 0 Å². The fourth-order valence-electron chi connectivity index (χ4n) is 6.81. The number of nitrogens with one attached hydrogen (secondary N) is 2. The summed E-state index contributed by atoms with van der Waals surface area (Å²) < 4.78 is 77.0. The van der Waals surface area contributed by atoms with Gasteiger partial charge in [-0.1, -0.05) is 37.1 Å². The molecule has 3 aromatic rings. The molecule has 6 unspecified atom stereocenters. The number of primary amides is 1. The van der Waals surface area contributed by atoms with Crippen LogP contribution in [-0.2, 0) is 36.6 Å². The van der Waals surface area contributed by atoms with Crippen molar-refractivity contribution >= 4 is 57.5 Å². The lowest BCUT2D eigenvalue weighted by atomic mass is 10.0. The van der Waals surface area contributed by atoms with Crippen LogP contribution in [0, 0.1) is 11.8 Å². The first-order chi connectivity index (χ1) is 26.7. The molecule has 4 amide bonds. The normalized spacial score (nSPS) is 20.8. The number of aromatic nitrogens is 3. The SMILES string of the molecule is CC(C)n1c(OC2CC(C(N)=O)N(C(=O)C(CCCCCC=CC3CC3C(=O)NS(=O)[O-])NC(=O)OC(C)(C)C)C2)nc2c(-c3csc(C(F)(F)F)n3)cccc21. The van der Waals surface area contributed by atoms with Crippen LogP contribution in [0.2, 0.25) is 0 Å². The molecule has 0 spiro atoms. The number of nitrogens with zero attached hydrogens (tertiary/aromatic N) is 4. The molecule has 57 heavy (non-hydrogen) atoms. The molecule has 2 fully saturated rings. The Labute approximate surface area is 334 Å². The number of amides is 4. The summed E-state index contributed by atoms with van der Waals surface area (Å²) in [6.45, 7) is 8.77. The van der Waals surface area contributed by atoms with Crippen molar-refractivity contribution in [2.45, 2.75) is 116 Å². The minimum absolute atomic E-state index is 0.0133. The van der Waals surface area contributed by atoms with Gasteiger partial charge >= 0.3 is 12.3 Å². The molecule has 0 radical (unpaired) electrons. The average molecular weight is 839 g/mol. The van der Waals surface area contributed by atoms with Crippen LogP contribution in [0.4, 0.5) is 18.0 Å². The van der Waals surface area contributed by atoms with E-state index >= 15 is 0 Å². The van der Waals surface area contributed by atoms with Gasteiger partial charge in [-0.25, -0.2) is 9.78 Å². The van der Waals surface area contributed by atoms with E-state index in [4.69, 9.17) is 15.2 Å². The van der Waals surface area contributed by atoms with Crippen molar-refractivity contribution in [1.82, 2.24) is 29.5 Å². The highest BCUT2D eigenvalue weighted by atomic mass is 32.2. The van der Waals surface area contributed by atoms with E-state index in [9.17, 15) is 41.1 Å². The summed E-state index contributed by atoms with van der Waals surface area (Å²) in [4.78, 5) is 61.4. The minimum atomic E-state index is -4.60. The number of halogens is 3. The molecular weight excluding hydrogens is 792 g/mol. The molecule has 4 N–H and O–H groups in total. The Morgan fingerprint density at radius 3 is 2.49 bits per heavy atom. The molecule has 5 rings (SSSR count). The Morgan fingerprint density at radius 2 is 1.86 bits per heavy atom. The molecule has 3 heterocycles. The molecule has 15 nitrogen and oxygen atoms in total. The van der Waals surface area contributed by atoms with E-state index in [1.165, 1.54) is 10.3 Å². The fraction of sp³-hybridized carbons (Fsp3) is 0.568. The molecule has 1 aliphatic heterocycles. The first-order valence-corrected chi connectivity index (χ1v) is 20.5. The Morgan fingerprint density at radius 1 is 1.12 bits per heavy atom. The second-order valence-electron chi connectivity index (χ2n) is 15.4. The van der Waals surface area contributed by atoms with Gasteiger partial charge in [-0.15, -0.1) is 11.3 Å². The number of nitrogens with two attached hydrogens (primary N) is 1. The number of carbonyl (C=O) groups excluding carboxylic acids is 4. The number of allylic oxidation sites excluding steroid dienone is 2. The third kappa shape index (κ3) is 11.3. The van der Waals surface area contributed by atoms with Crippen molar-refractivity contribution < 1.29 is 50.6 Å². The zero-order chi connectivity index (χ0) is 41.8. The topological polar surface area (TPSA) is 211 Å². The van der Waals surface area contributed by atoms with E-state index in [0.29, 0.717) is 53.6 Å². The summed E-state index contributed by atoms with van der Waals surface area (Å²) in [5.41, 5.74) is 6.40. The number of carbonyl (C=O) groups is 4. The number of thiazole rings is 1. The van der Waals surface area contributed by atoms with E-state index in [1.54, 1.807) is 43.5 Å². The summed E-state index contributed by atoms with van der Waals surface area (Å²) in [5, 5.41) is 3.01. The largest absolute Gasteiger partial charge is 0.755 e. The summed E-state index contributed by atoms with van der Waals surface area (Å²) >= 11 is -2.16. The van der Waals surface area contributed by atoms with E-state index < -0.39 is 70.1 Å². The number of benzene rings is 1. The molecule has 2 aliphatic rings. The van der Waals surface area contributed by atoms with Crippen LogP contribution in [0.3, 0.4) is 0 Å². The number of imidazole rings is 1. The van der Waals surface area contributed by atoms with Crippen molar-refractivity contribution in [2.24, 2.45) is 17.6 Å². The van der Waals surface area contributed by atoms with Gasteiger partial charge in [0.05, 0.1) is 17.8 Å². The number of alkyl carbamates (subject to hydrolysis) is 1. The lowest BCUT2D eigenvalue weighted by Gasteiger charge is -2.28. The number of ether oxygens (including phenoxy) is 2. The number of rotatable bonds is 16. The summed E-state index contributed by atoms with van der Waals surface area (Å²) in [6, 6.07) is 2.89. The Balaban J connectivity index is 1.28. The maximum absolute atomic E-state index is 14.2. The summed E-state index contributed by atoms with van der Waals surface area (Å²) in [6.07, 6.45) is 1.15. The monoisotopic (exact) mass is 838 g/mol. The molecule has 0 bridgehead atoms. The molecule has 2 aromatic heterocycles. The lowest BCUT2D eigenvalue weighted by Crippen LogP contribution is -2.53. The van der Waals surface area contributed by atoms with Crippen molar-refractivity contribution in [3.63, 3.8) is 0 Å². The predicted octanol–water partition coefficient (Wildman–Crippen LogP) is 5.54. The number of hydrogen-bond acceptors (Lipinski definition) is 11. The summed E-state index contributed by atoms with van der Waals surface area (Å²) in [5.74, 6) is -2.21. The molecule has 1 saturated carbocycles. The van der Waals surface area contributed by atoms with E-state index in [1.807, 2.05) is 30.7 Å². The number of para-hydroxylation sites is 1. The van der Waals surface area contributed by atoms with Crippen LogP contribution in [-0.4, -0.2) is 82.3 Å². The maximum atomic E-state index is 14.2. The quantitative estimate of drug-likeness (QED) is 0.0932. The van der Waals surface area contributed by atoms with Crippen LogP contribution in [0.15, 0.2) is 35.7 Å². The second kappa shape index (κ2) is 17.9. The van der Waals surface area contributed by atoms with E-state index in [2.05, 4.69) is 15.3 Å². The lowest BCUT2D eigenvalue weighted by molar-refractivity contribution is -0.139. The maximum Gasteiger partial charge on any atom is 0.443 e. The van der Waals surface area contributed by atoms with Gasteiger partial charge in [0.1, 0.15) is 29.3 Å². The predicted molar refractivity (Wildman–Crippen MR) is 204 cm³/mol. The van der Waals surface area contributed by atoms with Gasteiger partial charge in [0.25, 0.3) is 6.01 Å². The third-order valence-electron chi connectivity index (χ3n) is 9.47. The van der Waals surface area contributed by atoms with Gasteiger partial charge in [0, 0.05) is 40.6 Å². The zero-order valence-corrected chi connectivity index (χ0v) is 33.8. The van der Waals surface area contributed by atoms with Crippen molar-refractivity contribution in [2.75, 3.05) is 6.54 Å². The smallest absolute Gasteiger partial charge is 0.443 e. The number of fused-ring (bicyclic) bond motifs is 1. The number of likely N-dealkylation sites (tertiary alicyclic amines) is 1. The molecule has 20 heteroatoms. The molecule has 1 aromatic carbocycles. The molecule has 312 valence electrons. The number of hydrogen-bond donors (Lipinski definition) is 3. The van der Waals surface area contributed by atoms with Gasteiger partial charge in [0.2, 0.25) is 17.7 Å². The van der Waals surface area contributed by atoms with Gasteiger partial charge in [0.15, 0.2) is 5.01 Å². The average Bonchev–Trinajstić information content (AvgIpc) is 3.40. The second-order valence-corrected chi connectivity index (χ2v) is 17.0. The third-order valence-corrected chi connectivity index (χ3v) is 10.7. The minimum Gasteiger partial charge on any atom is -0.755 e. The summed E-state index contributed by atoms with van der Waals surface area (Å²) in [7, 11) is 0. The molecule has 6 atom stereocenters. The molecular formula is C37H47F3N7O8S2-. The van der Waals surface area contributed by atoms with Gasteiger partial charge in [-0.3, -0.25) is 27.9 Å². The fourth-order valence-corrected chi connectivity index (χ4v) is 7.81. The van der Waals surface area contributed by atoms with Crippen molar-refractivity contribution in [3.05, 3.63) is 40.7 Å². The van der Waals surface area contributed by atoms with Gasteiger partial charge in [-0.05, 0) is 72.3 Å². The first-order valence-electron chi connectivity index (χ1n) is 18.6. The van der Waals surface area contributed by atoms with Crippen LogP contribution < -0.4 is 20.5 Å². The Bertz CT molecular complexity index is 2010. The van der Waals surface area contributed by atoms with Gasteiger partial charge < -0.3 is 30.0 Å². The molecule has 1 aliphatic carbocycles. The highest BCUT2D eigenvalue weighted by Crippen LogP contribution is 2.40.